The SMILES string of the molecule is CCCN(CCN)C(C)C(=O)N(C)C. The second-order valence-corrected chi connectivity index (χ2v) is 3.73. The van der Waals surface area contributed by atoms with Crippen LogP contribution in [0.2, 0.25) is 0 Å². The van der Waals surface area contributed by atoms with Crippen LogP contribution in [0.3, 0.4) is 0 Å². The topological polar surface area (TPSA) is 49.6 Å². The molecule has 0 saturated heterocycles. The summed E-state index contributed by atoms with van der Waals surface area (Å²) in [5.74, 6) is 0.145. The van der Waals surface area contributed by atoms with Crippen LogP contribution in [0.5, 0.6) is 0 Å². The highest BCUT2D eigenvalue weighted by Gasteiger charge is 2.20. The fourth-order valence-electron chi connectivity index (χ4n) is 1.48. The maximum Gasteiger partial charge on any atom is 0.239 e. The zero-order valence-corrected chi connectivity index (χ0v) is 9.79. The van der Waals surface area contributed by atoms with E-state index in [1.165, 1.54) is 0 Å². The summed E-state index contributed by atoms with van der Waals surface area (Å²) in [6, 6.07) is -0.0616. The highest BCUT2D eigenvalue weighted by Crippen LogP contribution is 2.02. The molecule has 4 heteroatoms. The van der Waals surface area contributed by atoms with Crippen LogP contribution >= 0.6 is 0 Å². The molecule has 1 atom stereocenters. The average Bonchev–Trinajstić information content (AvgIpc) is 2.15. The van der Waals surface area contributed by atoms with Crippen LogP contribution in [0, 0.1) is 0 Å². The minimum Gasteiger partial charge on any atom is -0.347 e. The van der Waals surface area contributed by atoms with Gasteiger partial charge < -0.3 is 10.6 Å². The first-order valence-corrected chi connectivity index (χ1v) is 5.19. The van der Waals surface area contributed by atoms with Crippen LogP contribution < -0.4 is 5.73 Å². The normalized spacial score (nSPS) is 13.0. The van der Waals surface area contributed by atoms with E-state index in [9.17, 15) is 4.79 Å². The molecule has 14 heavy (non-hydrogen) atoms. The first-order valence-electron chi connectivity index (χ1n) is 5.19. The summed E-state index contributed by atoms with van der Waals surface area (Å²) >= 11 is 0. The molecule has 0 bridgehead atoms. The van der Waals surface area contributed by atoms with E-state index in [1.807, 2.05) is 6.92 Å². The molecule has 0 spiro atoms. The summed E-state index contributed by atoms with van der Waals surface area (Å²) < 4.78 is 0. The van der Waals surface area contributed by atoms with E-state index in [1.54, 1.807) is 19.0 Å². The van der Waals surface area contributed by atoms with E-state index in [-0.39, 0.29) is 11.9 Å². The van der Waals surface area contributed by atoms with E-state index in [2.05, 4.69) is 11.8 Å². The third-order valence-corrected chi connectivity index (χ3v) is 2.27. The van der Waals surface area contributed by atoms with Gasteiger partial charge in [0.15, 0.2) is 0 Å². The van der Waals surface area contributed by atoms with E-state index in [0.29, 0.717) is 6.54 Å². The summed E-state index contributed by atoms with van der Waals surface area (Å²) in [4.78, 5) is 15.4. The minimum atomic E-state index is -0.0616. The quantitative estimate of drug-likeness (QED) is 0.665. The molecule has 0 fully saturated rings. The Kier molecular flexibility index (Phi) is 6.49. The summed E-state index contributed by atoms with van der Waals surface area (Å²) in [6.45, 7) is 6.36. The molecule has 84 valence electrons. The number of nitrogens with zero attached hydrogens (tertiary/aromatic N) is 2. The fourth-order valence-corrected chi connectivity index (χ4v) is 1.48. The highest BCUT2D eigenvalue weighted by atomic mass is 16.2. The predicted molar refractivity (Wildman–Crippen MR) is 59.1 cm³/mol. The number of amides is 1. The van der Waals surface area contributed by atoms with Gasteiger partial charge in [-0.1, -0.05) is 6.92 Å². The molecule has 0 aromatic heterocycles. The molecule has 0 aromatic carbocycles. The van der Waals surface area contributed by atoms with Crippen LogP contribution in [-0.4, -0.2) is 55.5 Å². The van der Waals surface area contributed by atoms with Gasteiger partial charge in [-0.15, -0.1) is 0 Å². The molecule has 0 aromatic rings. The standard InChI is InChI=1S/C10H23N3O/c1-5-7-13(8-6-11)9(2)10(14)12(3)4/h9H,5-8,11H2,1-4H3. The number of hydrogen-bond acceptors (Lipinski definition) is 3. The van der Waals surface area contributed by atoms with Gasteiger partial charge in [-0.2, -0.15) is 0 Å². The Morgan fingerprint density at radius 1 is 1.36 bits per heavy atom. The second-order valence-electron chi connectivity index (χ2n) is 3.73. The van der Waals surface area contributed by atoms with Crippen LogP contribution in [0.15, 0.2) is 0 Å². The van der Waals surface area contributed by atoms with Gasteiger partial charge >= 0.3 is 0 Å². The number of hydrogen-bond donors (Lipinski definition) is 1. The van der Waals surface area contributed by atoms with Crippen molar-refractivity contribution in [2.24, 2.45) is 5.73 Å². The minimum absolute atomic E-state index is 0.0616. The molecule has 0 radical (unpaired) electrons. The molecule has 4 nitrogen and oxygen atoms in total. The molecule has 0 rings (SSSR count). The van der Waals surface area contributed by atoms with Crippen molar-refractivity contribution in [2.45, 2.75) is 26.3 Å². The number of nitrogens with two attached hydrogens (primary N) is 1. The Morgan fingerprint density at radius 2 is 1.93 bits per heavy atom. The molecule has 0 saturated carbocycles. The Hall–Kier alpha value is -0.610. The lowest BCUT2D eigenvalue weighted by Gasteiger charge is -2.29. The zero-order valence-electron chi connectivity index (χ0n) is 9.79. The summed E-state index contributed by atoms with van der Waals surface area (Å²) in [5, 5.41) is 0. The third kappa shape index (κ3) is 4.07. The number of rotatable bonds is 6. The van der Waals surface area contributed by atoms with Crippen LogP contribution in [0.1, 0.15) is 20.3 Å². The van der Waals surface area contributed by atoms with Gasteiger partial charge in [-0.25, -0.2) is 0 Å². The lowest BCUT2D eigenvalue weighted by molar-refractivity contribution is -0.133. The van der Waals surface area contributed by atoms with Crippen molar-refractivity contribution in [1.82, 2.24) is 9.80 Å². The second kappa shape index (κ2) is 6.79. The van der Waals surface area contributed by atoms with E-state index >= 15 is 0 Å². The van der Waals surface area contributed by atoms with Gasteiger partial charge in [-0.05, 0) is 19.9 Å². The number of carbonyl (C=O) groups is 1. The molecule has 0 aliphatic heterocycles. The van der Waals surface area contributed by atoms with Crippen molar-refractivity contribution in [3.05, 3.63) is 0 Å². The molecule has 1 amide bonds. The third-order valence-electron chi connectivity index (χ3n) is 2.27. The summed E-state index contributed by atoms with van der Waals surface area (Å²) in [6.07, 6.45) is 1.05. The van der Waals surface area contributed by atoms with Gasteiger partial charge in [-0.3, -0.25) is 9.69 Å². The van der Waals surface area contributed by atoms with Gasteiger partial charge in [0.1, 0.15) is 0 Å². The first kappa shape index (κ1) is 13.4. The number of carbonyl (C=O) groups excluding carboxylic acids is 1. The monoisotopic (exact) mass is 201 g/mol. The van der Waals surface area contributed by atoms with Gasteiger partial charge in [0.05, 0.1) is 6.04 Å². The van der Waals surface area contributed by atoms with Gasteiger partial charge in [0.25, 0.3) is 0 Å². The summed E-state index contributed by atoms with van der Waals surface area (Å²) in [7, 11) is 3.57. The molecular formula is C10H23N3O. The fraction of sp³-hybridized carbons (Fsp3) is 0.900. The Labute approximate surface area is 87.0 Å². The maximum atomic E-state index is 11.7. The van der Waals surface area contributed by atoms with Crippen LogP contribution in [0.4, 0.5) is 0 Å². The predicted octanol–water partition coefficient (Wildman–Crippen LogP) is 0.134. The Bertz CT molecular complexity index is 165. The van der Waals surface area contributed by atoms with Crippen molar-refractivity contribution < 1.29 is 4.79 Å². The highest BCUT2D eigenvalue weighted by molar-refractivity contribution is 5.80. The molecule has 2 N–H and O–H groups in total. The van der Waals surface area contributed by atoms with Crippen LogP contribution in [0.25, 0.3) is 0 Å². The van der Waals surface area contributed by atoms with Crippen LogP contribution in [-0.2, 0) is 4.79 Å². The lowest BCUT2D eigenvalue weighted by Crippen LogP contribution is -2.46. The van der Waals surface area contributed by atoms with E-state index < -0.39 is 0 Å². The smallest absolute Gasteiger partial charge is 0.239 e. The lowest BCUT2D eigenvalue weighted by atomic mass is 10.2. The van der Waals surface area contributed by atoms with E-state index in [0.717, 1.165) is 19.5 Å². The zero-order chi connectivity index (χ0) is 11.1. The summed E-state index contributed by atoms with van der Waals surface area (Å²) in [5.41, 5.74) is 5.51. The largest absolute Gasteiger partial charge is 0.347 e. The van der Waals surface area contributed by atoms with Gasteiger partial charge in [0, 0.05) is 27.2 Å². The van der Waals surface area contributed by atoms with Crippen molar-refractivity contribution in [3.8, 4) is 0 Å². The molecular weight excluding hydrogens is 178 g/mol. The molecule has 0 aliphatic carbocycles. The average molecular weight is 201 g/mol. The van der Waals surface area contributed by atoms with Crippen molar-refractivity contribution in [2.75, 3.05) is 33.7 Å². The van der Waals surface area contributed by atoms with Crippen molar-refractivity contribution in [3.63, 3.8) is 0 Å². The molecule has 1 unspecified atom stereocenters. The first-order chi connectivity index (χ1) is 6.54. The maximum absolute atomic E-state index is 11.7. The van der Waals surface area contributed by atoms with Crippen molar-refractivity contribution in [1.29, 1.82) is 0 Å². The Balaban J connectivity index is 4.26. The van der Waals surface area contributed by atoms with E-state index in [4.69, 9.17) is 5.73 Å². The van der Waals surface area contributed by atoms with Crippen molar-refractivity contribution >= 4 is 5.91 Å². The Morgan fingerprint density at radius 3 is 2.29 bits per heavy atom. The molecule has 0 heterocycles. The number of likely N-dealkylation sites (N-methyl/N-ethyl adjacent to an activating group) is 1. The van der Waals surface area contributed by atoms with Gasteiger partial charge in [0.2, 0.25) is 5.91 Å². The molecule has 0 aliphatic rings.